The second-order valence-electron chi connectivity index (χ2n) is 4.50. The van der Waals surface area contributed by atoms with Crippen molar-refractivity contribution in [3.8, 4) is 0 Å². The van der Waals surface area contributed by atoms with Crippen molar-refractivity contribution in [1.29, 1.82) is 0 Å². The molecule has 1 aromatic carbocycles. The first-order chi connectivity index (χ1) is 8.68. The SMILES string of the molecule is CC(C)CCCOOC(=O)/C=C/c1ccccc1. The first kappa shape index (κ1) is 14.5. The van der Waals surface area contributed by atoms with Gasteiger partial charge in [-0.25, -0.2) is 4.79 Å². The zero-order valence-corrected chi connectivity index (χ0v) is 11.0. The van der Waals surface area contributed by atoms with E-state index in [1.807, 2.05) is 30.3 Å². The normalized spacial score (nSPS) is 11.1. The van der Waals surface area contributed by atoms with Crippen molar-refractivity contribution in [3.05, 3.63) is 42.0 Å². The Balaban J connectivity index is 2.16. The lowest BCUT2D eigenvalue weighted by atomic mass is 10.1. The average Bonchev–Trinajstić information content (AvgIpc) is 2.37. The van der Waals surface area contributed by atoms with Gasteiger partial charge in [-0.15, -0.1) is 0 Å². The highest BCUT2D eigenvalue weighted by molar-refractivity contribution is 5.86. The highest BCUT2D eigenvalue weighted by Gasteiger charge is 1.99. The van der Waals surface area contributed by atoms with E-state index in [1.165, 1.54) is 6.08 Å². The van der Waals surface area contributed by atoms with Gasteiger partial charge in [0, 0.05) is 6.08 Å². The Labute approximate surface area is 108 Å². The number of carbonyl (C=O) groups excluding carboxylic acids is 1. The molecular formula is C15H20O3. The second-order valence-corrected chi connectivity index (χ2v) is 4.50. The smallest absolute Gasteiger partial charge is 0.294 e. The molecule has 0 unspecified atom stereocenters. The Kier molecular flexibility index (Phi) is 6.81. The van der Waals surface area contributed by atoms with Crippen LogP contribution in [0.2, 0.25) is 0 Å². The molecule has 0 radical (unpaired) electrons. The molecule has 3 nitrogen and oxygen atoms in total. The fraction of sp³-hybridized carbons (Fsp3) is 0.400. The Bertz CT molecular complexity index is 369. The summed E-state index contributed by atoms with van der Waals surface area (Å²) in [5.74, 6) is 0.158. The third-order valence-electron chi connectivity index (χ3n) is 2.36. The summed E-state index contributed by atoms with van der Waals surface area (Å²) in [4.78, 5) is 20.7. The van der Waals surface area contributed by atoms with Crippen molar-refractivity contribution in [1.82, 2.24) is 0 Å². The van der Waals surface area contributed by atoms with Gasteiger partial charge < -0.3 is 0 Å². The van der Waals surface area contributed by atoms with E-state index in [1.54, 1.807) is 6.08 Å². The molecule has 3 heteroatoms. The van der Waals surface area contributed by atoms with Crippen molar-refractivity contribution in [2.75, 3.05) is 6.61 Å². The highest BCUT2D eigenvalue weighted by atomic mass is 17.2. The Morgan fingerprint density at radius 2 is 2.00 bits per heavy atom. The van der Waals surface area contributed by atoms with Gasteiger partial charge in [-0.3, -0.25) is 4.89 Å². The Morgan fingerprint density at radius 1 is 1.28 bits per heavy atom. The molecule has 0 saturated carbocycles. The largest absolute Gasteiger partial charge is 0.365 e. The summed E-state index contributed by atoms with van der Waals surface area (Å²) < 4.78 is 0. The van der Waals surface area contributed by atoms with Gasteiger partial charge >= 0.3 is 5.97 Å². The molecule has 0 N–H and O–H groups in total. The minimum Gasteiger partial charge on any atom is -0.294 e. The van der Waals surface area contributed by atoms with Crippen LogP contribution < -0.4 is 0 Å². The number of benzene rings is 1. The Hall–Kier alpha value is -1.61. The molecule has 0 aliphatic heterocycles. The van der Waals surface area contributed by atoms with Crippen LogP contribution in [0, 0.1) is 5.92 Å². The van der Waals surface area contributed by atoms with Crippen molar-refractivity contribution < 1.29 is 14.6 Å². The van der Waals surface area contributed by atoms with Gasteiger partial charge in [0.2, 0.25) is 0 Å². The van der Waals surface area contributed by atoms with E-state index in [4.69, 9.17) is 4.89 Å². The van der Waals surface area contributed by atoms with E-state index in [0.29, 0.717) is 12.5 Å². The quantitative estimate of drug-likeness (QED) is 0.320. The van der Waals surface area contributed by atoms with Crippen LogP contribution in [0.5, 0.6) is 0 Å². The predicted octanol–water partition coefficient (Wildman–Crippen LogP) is 3.61. The molecular weight excluding hydrogens is 228 g/mol. The van der Waals surface area contributed by atoms with Crippen LogP contribution in [0.4, 0.5) is 0 Å². The van der Waals surface area contributed by atoms with Crippen LogP contribution in [-0.4, -0.2) is 12.6 Å². The van der Waals surface area contributed by atoms with Gasteiger partial charge in [-0.05, 0) is 30.4 Å². The topological polar surface area (TPSA) is 35.5 Å². The van der Waals surface area contributed by atoms with Crippen LogP contribution in [0.15, 0.2) is 36.4 Å². The van der Waals surface area contributed by atoms with Crippen LogP contribution in [0.1, 0.15) is 32.3 Å². The van der Waals surface area contributed by atoms with Gasteiger partial charge in [-0.1, -0.05) is 44.2 Å². The van der Waals surface area contributed by atoms with Crippen LogP contribution in [0.25, 0.3) is 6.08 Å². The minimum absolute atomic E-state index is 0.448. The van der Waals surface area contributed by atoms with Crippen LogP contribution in [-0.2, 0) is 14.6 Å². The summed E-state index contributed by atoms with van der Waals surface area (Å²) in [6.07, 6.45) is 5.02. The van der Waals surface area contributed by atoms with Gasteiger partial charge in [0.05, 0.1) is 6.61 Å². The van der Waals surface area contributed by atoms with E-state index in [9.17, 15) is 4.79 Å². The standard InChI is InChI=1S/C15H20O3/c1-13(2)7-6-12-17-18-15(16)11-10-14-8-4-3-5-9-14/h3-5,8-11,13H,6-7,12H2,1-2H3/b11-10+. The molecule has 1 aromatic rings. The lowest BCUT2D eigenvalue weighted by Gasteiger charge is -2.03. The van der Waals surface area contributed by atoms with Gasteiger partial charge in [0.15, 0.2) is 0 Å². The van der Waals surface area contributed by atoms with Gasteiger partial charge in [0.1, 0.15) is 0 Å². The Morgan fingerprint density at radius 3 is 2.67 bits per heavy atom. The van der Waals surface area contributed by atoms with Gasteiger partial charge in [0.25, 0.3) is 0 Å². The molecule has 0 atom stereocenters. The fourth-order valence-electron chi connectivity index (χ4n) is 1.41. The summed E-state index contributed by atoms with van der Waals surface area (Å²) in [5, 5.41) is 0. The summed E-state index contributed by atoms with van der Waals surface area (Å²) in [7, 11) is 0. The van der Waals surface area contributed by atoms with Crippen molar-refractivity contribution in [2.24, 2.45) is 5.92 Å². The van der Waals surface area contributed by atoms with E-state index < -0.39 is 5.97 Å². The number of hydrogen-bond acceptors (Lipinski definition) is 3. The molecule has 0 fully saturated rings. The third kappa shape index (κ3) is 6.86. The molecule has 0 amide bonds. The molecule has 0 aliphatic carbocycles. The minimum atomic E-state index is -0.483. The maximum atomic E-state index is 11.3. The molecule has 0 bridgehead atoms. The highest BCUT2D eigenvalue weighted by Crippen LogP contribution is 2.04. The van der Waals surface area contributed by atoms with E-state index in [2.05, 4.69) is 18.7 Å². The molecule has 0 heterocycles. The number of rotatable bonds is 7. The van der Waals surface area contributed by atoms with Crippen molar-refractivity contribution >= 4 is 12.0 Å². The lowest BCUT2D eigenvalue weighted by Crippen LogP contribution is -2.04. The maximum Gasteiger partial charge on any atom is 0.365 e. The van der Waals surface area contributed by atoms with Crippen LogP contribution >= 0.6 is 0 Å². The second kappa shape index (κ2) is 8.48. The average molecular weight is 248 g/mol. The number of hydrogen-bond donors (Lipinski definition) is 0. The molecule has 0 aliphatic rings. The summed E-state index contributed by atoms with van der Waals surface area (Å²) in [6.45, 7) is 4.74. The molecule has 98 valence electrons. The summed E-state index contributed by atoms with van der Waals surface area (Å²) in [6, 6.07) is 9.56. The molecule has 0 spiro atoms. The first-order valence-corrected chi connectivity index (χ1v) is 6.25. The molecule has 1 rings (SSSR count). The first-order valence-electron chi connectivity index (χ1n) is 6.25. The monoisotopic (exact) mass is 248 g/mol. The molecule has 0 aromatic heterocycles. The summed E-state index contributed by atoms with van der Waals surface area (Å²) in [5.41, 5.74) is 0.953. The zero-order valence-electron chi connectivity index (χ0n) is 11.0. The van der Waals surface area contributed by atoms with E-state index in [0.717, 1.165) is 18.4 Å². The summed E-state index contributed by atoms with van der Waals surface area (Å²) >= 11 is 0. The molecule has 0 saturated heterocycles. The van der Waals surface area contributed by atoms with E-state index >= 15 is 0 Å². The zero-order chi connectivity index (χ0) is 13.2. The number of carbonyl (C=O) groups is 1. The van der Waals surface area contributed by atoms with Crippen molar-refractivity contribution in [2.45, 2.75) is 26.7 Å². The third-order valence-corrected chi connectivity index (χ3v) is 2.36. The van der Waals surface area contributed by atoms with Crippen molar-refractivity contribution in [3.63, 3.8) is 0 Å². The fourth-order valence-corrected chi connectivity index (χ4v) is 1.41. The van der Waals surface area contributed by atoms with Crippen LogP contribution in [0.3, 0.4) is 0 Å². The van der Waals surface area contributed by atoms with E-state index in [-0.39, 0.29) is 0 Å². The van der Waals surface area contributed by atoms with Gasteiger partial charge in [-0.2, -0.15) is 4.89 Å². The predicted molar refractivity (Wildman–Crippen MR) is 71.6 cm³/mol. The molecule has 18 heavy (non-hydrogen) atoms. The maximum absolute atomic E-state index is 11.3. The lowest BCUT2D eigenvalue weighted by molar-refractivity contribution is -0.267.